The third-order valence-corrected chi connectivity index (χ3v) is 3.68. The van der Waals surface area contributed by atoms with Gasteiger partial charge in [-0.3, -0.25) is 9.59 Å². The molecule has 0 aromatic heterocycles. The third-order valence-electron chi connectivity index (χ3n) is 2.27. The van der Waals surface area contributed by atoms with Gasteiger partial charge in [-0.25, -0.2) is 8.42 Å². The van der Waals surface area contributed by atoms with Crippen molar-refractivity contribution in [1.82, 2.24) is 5.32 Å². The molecule has 21 heavy (non-hydrogen) atoms. The summed E-state index contributed by atoms with van der Waals surface area (Å²) in [5.74, 6) is -2.70. The summed E-state index contributed by atoms with van der Waals surface area (Å²) in [6.07, 6.45) is 0. The van der Waals surface area contributed by atoms with Crippen LogP contribution in [0.1, 0.15) is 20.8 Å². The van der Waals surface area contributed by atoms with Crippen molar-refractivity contribution in [2.24, 2.45) is 0 Å². The highest BCUT2D eigenvalue weighted by Crippen LogP contribution is 2.05. The molecule has 0 heterocycles. The monoisotopic (exact) mass is 312 g/mol. The van der Waals surface area contributed by atoms with Crippen LogP contribution < -0.4 is 10.6 Å². The van der Waals surface area contributed by atoms with Crippen molar-refractivity contribution in [3.63, 3.8) is 0 Å². The average Bonchev–Trinajstić information content (AvgIpc) is 2.24. The number of rotatable bonds is 5. The van der Waals surface area contributed by atoms with Crippen LogP contribution in [0.2, 0.25) is 0 Å². The molecule has 0 bridgehead atoms. The lowest BCUT2D eigenvalue weighted by molar-refractivity contribution is -0.120. The minimum atomic E-state index is -3.80. The van der Waals surface area contributed by atoms with E-state index in [9.17, 15) is 18.0 Å². The molecule has 0 aliphatic rings. The lowest BCUT2D eigenvalue weighted by Gasteiger charge is -2.20. The first-order chi connectivity index (χ1) is 9.57. The fourth-order valence-electron chi connectivity index (χ4n) is 1.62. The minimum Gasteiger partial charge on any atom is -0.351 e. The Bertz CT molecular complexity index is 604. The van der Waals surface area contributed by atoms with E-state index in [-0.39, 0.29) is 0 Å². The summed E-state index contributed by atoms with van der Waals surface area (Å²) in [5, 5.41) is 5.02. The molecule has 7 heteroatoms. The summed E-state index contributed by atoms with van der Waals surface area (Å²) >= 11 is 0. The number of para-hydroxylation sites is 1. The SMILES string of the molecule is CC(C)(C)NC(=O)CS(=O)(=O)CC(=O)Nc1ccccc1. The predicted molar refractivity (Wildman–Crippen MR) is 81.6 cm³/mol. The van der Waals surface area contributed by atoms with Gasteiger partial charge in [-0.15, -0.1) is 0 Å². The van der Waals surface area contributed by atoms with Crippen LogP contribution in [0.5, 0.6) is 0 Å². The van der Waals surface area contributed by atoms with Crippen LogP contribution in [0.3, 0.4) is 0 Å². The van der Waals surface area contributed by atoms with Crippen molar-refractivity contribution in [3.8, 4) is 0 Å². The van der Waals surface area contributed by atoms with Gasteiger partial charge in [0.25, 0.3) is 0 Å². The van der Waals surface area contributed by atoms with E-state index >= 15 is 0 Å². The number of carbonyl (C=O) groups is 2. The molecular formula is C14H20N2O4S. The topological polar surface area (TPSA) is 92.3 Å². The van der Waals surface area contributed by atoms with Crippen LogP contribution in [-0.4, -0.2) is 37.3 Å². The Morgan fingerprint density at radius 3 is 2.05 bits per heavy atom. The molecule has 0 fully saturated rings. The van der Waals surface area contributed by atoms with Crippen LogP contribution in [-0.2, 0) is 19.4 Å². The highest BCUT2D eigenvalue weighted by Gasteiger charge is 2.23. The van der Waals surface area contributed by atoms with Crippen molar-refractivity contribution >= 4 is 27.3 Å². The molecule has 0 spiro atoms. The Morgan fingerprint density at radius 1 is 1.00 bits per heavy atom. The number of carbonyl (C=O) groups excluding carboxylic acids is 2. The number of benzene rings is 1. The summed E-state index contributed by atoms with van der Waals surface area (Å²) in [4.78, 5) is 23.3. The molecule has 1 rings (SSSR count). The molecule has 1 aromatic rings. The molecule has 6 nitrogen and oxygen atoms in total. The molecular weight excluding hydrogens is 292 g/mol. The fraction of sp³-hybridized carbons (Fsp3) is 0.429. The number of sulfone groups is 1. The van der Waals surface area contributed by atoms with Gasteiger partial charge in [-0.1, -0.05) is 18.2 Å². The molecule has 0 radical (unpaired) electrons. The van der Waals surface area contributed by atoms with Gasteiger partial charge in [0, 0.05) is 11.2 Å². The van der Waals surface area contributed by atoms with Crippen molar-refractivity contribution in [2.75, 3.05) is 16.8 Å². The maximum atomic E-state index is 11.8. The Hall–Kier alpha value is -1.89. The van der Waals surface area contributed by atoms with E-state index in [1.165, 1.54) is 0 Å². The van der Waals surface area contributed by atoms with E-state index in [0.717, 1.165) is 0 Å². The van der Waals surface area contributed by atoms with Gasteiger partial charge in [0.2, 0.25) is 11.8 Å². The van der Waals surface area contributed by atoms with E-state index in [1.807, 2.05) is 0 Å². The minimum absolute atomic E-state index is 0.511. The van der Waals surface area contributed by atoms with Gasteiger partial charge in [0.15, 0.2) is 9.84 Å². The number of hydrogen-bond donors (Lipinski definition) is 2. The van der Waals surface area contributed by atoms with E-state index in [4.69, 9.17) is 0 Å². The van der Waals surface area contributed by atoms with Gasteiger partial charge in [0.1, 0.15) is 11.5 Å². The Kier molecular flexibility index (Phi) is 5.48. The smallest absolute Gasteiger partial charge is 0.239 e. The molecule has 0 atom stereocenters. The number of hydrogen-bond acceptors (Lipinski definition) is 4. The van der Waals surface area contributed by atoms with E-state index in [2.05, 4.69) is 10.6 Å². The Morgan fingerprint density at radius 2 is 1.52 bits per heavy atom. The van der Waals surface area contributed by atoms with Crippen LogP contribution in [0, 0.1) is 0 Å². The highest BCUT2D eigenvalue weighted by molar-refractivity contribution is 7.92. The van der Waals surface area contributed by atoms with Crippen LogP contribution in [0.25, 0.3) is 0 Å². The number of anilines is 1. The summed E-state index contributed by atoms with van der Waals surface area (Å²) < 4.78 is 23.6. The molecule has 1 aromatic carbocycles. The molecule has 0 saturated heterocycles. The van der Waals surface area contributed by atoms with Crippen LogP contribution in [0.4, 0.5) is 5.69 Å². The zero-order chi connectivity index (χ0) is 16.1. The Labute approximate surface area is 124 Å². The first kappa shape index (κ1) is 17.2. The van der Waals surface area contributed by atoms with Crippen molar-refractivity contribution < 1.29 is 18.0 Å². The summed E-state index contributed by atoms with van der Waals surface area (Å²) in [6, 6.07) is 8.53. The first-order valence-electron chi connectivity index (χ1n) is 6.44. The van der Waals surface area contributed by atoms with E-state index < -0.39 is 38.7 Å². The second kappa shape index (κ2) is 6.71. The largest absolute Gasteiger partial charge is 0.351 e. The lowest BCUT2D eigenvalue weighted by atomic mass is 10.1. The van der Waals surface area contributed by atoms with Crippen LogP contribution in [0.15, 0.2) is 30.3 Å². The standard InChI is InChI=1S/C14H20N2O4S/c1-14(2,3)16-13(18)10-21(19,20)9-12(17)15-11-7-5-4-6-8-11/h4-8H,9-10H2,1-3H3,(H,15,17)(H,16,18). The lowest BCUT2D eigenvalue weighted by Crippen LogP contribution is -2.44. The quantitative estimate of drug-likeness (QED) is 0.847. The van der Waals surface area contributed by atoms with Crippen molar-refractivity contribution in [2.45, 2.75) is 26.3 Å². The second-order valence-corrected chi connectivity index (χ2v) is 7.81. The molecule has 0 aliphatic carbocycles. The molecule has 0 saturated carbocycles. The molecule has 0 aliphatic heterocycles. The van der Waals surface area contributed by atoms with Gasteiger partial charge in [-0.05, 0) is 32.9 Å². The van der Waals surface area contributed by atoms with Crippen LogP contribution >= 0.6 is 0 Å². The van der Waals surface area contributed by atoms with Crippen molar-refractivity contribution in [1.29, 1.82) is 0 Å². The maximum Gasteiger partial charge on any atom is 0.239 e. The molecule has 116 valence electrons. The zero-order valence-electron chi connectivity index (χ0n) is 12.3. The summed E-state index contributed by atoms with van der Waals surface area (Å²) in [6.45, 7) is 5.25. The van der Waals surface area contributed by atoms with Crippen molar-refractivity contribution in [3.05, 3.63) is 30.3 Å². The van der Waals surface area contributed by atoms with Gasteiger partial charge in [-0.2, -0.15) is 0 Å². The maximum absolute atomic E-state index is 11.8. The molecule has 2 amide bonds. The summed E-state index contributed by atoms with van der Waals surface area (Å²) in [5.41, 5.74) is -0.00401. The fourth-order valence-corrected chi connectivity index (χ4v) is 2.67. The first-order valence-corrected chi connectivity index (χ1v) is 8.26. The summed E-state index contributed by atoms with van der Waals surface area (Å²) in [7, 11) is -3.80. The Balaban J connectivity index is 2.56. The zero-order valence-corrected chi connectivity index (χ0v) is 13.2. The number of nitrogens with one attached hydrogen (secondary N) is 2. The molecule has 2 N–H and O–H groups in total. The van der Waals surface area contributed by atoms with Gasteiger partial charge in [0.05, 0.1) is 0 Å². The van der Waals surface area contributed by atoms with Gasteiger partial charge < -0.3 is 10.6 Å². The normalized spacial score (nSPS) is 11.8. The van der Waals surface area contributed by atoms with E-state index in [0.29, 0.717) is 5.69 Å². The van der Waals surface area contributed by atoms with E-state index in [1.54, 1.807) is 51.1 Å². The highest BCUT2D eigenvalue weighted by atomic mass is 32.2. The predicted octanol–water partition coefficient (Wildman–Crippen LogP) is 0.955. The second-order valence-electron chi connectivity index (χ2n) is 5.74. The number of amides is 2. The van der Waals surface area contributed by atoms with Gasteiger partial charge >= 0.3 is 0 Å². The average molecular weight is 312 g/mol. The third kappa shape index (κ3) is 7.45. The molecule has 0 unspecified atom stereocenters.